The molecule has 0 aliphatic heterocycles. The Morgan fingerprint density at radius 1 is 0.957 bits per heavy atom. The topological polar surface area (TPSA) is 17.1 Å². The summed E-state index contributed by atoms with van der Waals surface area (Å²) in [5, 5.41) is 4.20. The molecule has 2 heterocycles. The van der Waals surface area contributed by atoms with Gasteiger partial charge in [0.1, 0.15) is 0 Å². The second-order valence-electron chi connectivity index (χ2n) is 6.75. The van der Waals surface area contributed by atoms with Gasteiger partial charge in [-0.1, -0.05) is 32.9 Å². The minimum atomic E-state index is -0.159. The van der Waals surface area contributed by atoms with Gasteiger partial charge in [-0.05, 0) is 58.5 Å². The standard InChI is InChI=1S/C20H20OS2/c1-13-11-14(12-15(19(13)21)20(2,3)4)18(16-7-5-9-22-16)17-8-6-10-23-17/h5-12H,1-4H3. The summed E-state index contributed by atoms with van der Waals surface area (Å²) in [4.78, 5) is 15.0. The molecule has 0 saturated carbocycles. The number of hydrogen-bond acceptors (Lipinski definition) is 3. The van der Waals surface area contributed by atoms with Gasteiger partial charge in [-0.2, -0.15) is 0 Å². The zero-order valence-electron chi connectivity index (χ0n) is 13.8. The van der Waals surface area contributed by atoms with E-state index in [9.17, 15) is 4.79 Å². The summed E-state index contributed by atoms with van der Waals surface area (Å²) in [7, 11) is 0. The summed E-state index contributed by atoms with van der Waals surface area (Å²) in [6.07, 6.45) is 4.12. The Morgan fingerprint density at radius 2 is 1.52 bits per heavy atom. The number of carbonyl (C=O) groups is 1. The zero-order chi connectivity index (χ0) is 16.6. The number of ketones is 1. The predicted octanol–water partition coefficient (Wildman–Crippen LogP) is 6.11. The van der Waals surface area contributed by atoms with Crippen LogP contribution in [0.25, 0.3) is 5.57 Å². The van der Waals surface area contributed by atoms with Crippen molar-refractivity contribution in [3.63, 3.8) is 0 Å². The second kappa shape index (κ2) is 6.06. The summed E-state index contributed by atoms with van der Waals surface area (Å²) in [6.45, 7) is 8.22. The Labute approximate surface area is 145 Å². The highest BCUT2D eigenvalue weighted by molar-refractivity contribution is 7.13. The van der Waals surface area contributed by atoms with Gasteiger partial charge in [0.2, 0.25) is 0 Å². The fourth-order valence-corrected chi connectivity index (χ4v) is 4.40. The third kappa shape index (κ3) is 3.17. The molecule has 1 nitrogen and oxygen atoms in total. The lowest BCUT2D eigenvalue weighted by atomic mass is 9.77. The van der Waals surface area contributed by atoms with Crippen molar-refractivity contribution in [2.45, 2.75) is 27.7 Å². The number of carbonyl (C=O) groups excluding carboxylic acids is 1. The molecule has 2 aromatic rings. The third-order valence-corrected chi connectivity index (χ3v) is 5.68. The van der Waals surface area contributed by atoms with Crippen LogP contribution in [0.4, 0.5) is 0 Å². The second-order valence-corrected chi connectivity index (χ2v) is 8.64. The van der Waals surface area contributed by atoms with E-state index in [2.05, 4.69) is 61.9 Å². The Bertz CT molecular complexity index is 771. The van der Waals surface area contributed by atoms with E-state index in [1.807, 2.05) is 13.0 Å². The average molecular weight is 341 g/mol. The van der Waals surface area contributed by atoms with Gasteiger partial charge in [-0.3, -0.25) is 4.79 Å². The number of rotatable bonds is 2. The van der Waals surface area contributed by atoms with Gasteiger partial charge in [-0.25, -0.2) is 0 Å². The summed E-state index contributed by atoms with van der Waals surface area (Å²) in [5.41, 5.74) is 3.91. The molecule has 1 aliphatic carbocycles. The number of allylic oxidation sites excluding steroid dienone is 5. The van der Waals surface area contributed by atoms with Crippen molar-refractivity contribution in [2.75, 3.05) is 0 Å². The SMILES string of the molecule is CC1=CC(=C(c2cccs2)c2cccs2)C=C(C(C)(C)C)C1=O. The Balaban J connectivity index is 2.27. The van der Waals surface area contributed by atoms with Crippen LogP contribution in [0.1, 0.15) is 37.4 Å². The van der Waals surface area contributed by atoms with E-state index in [-0.39, 0.29) is 11.2 Å². The molecule has 0 saturated heterocycles. The number of thiophene rings is 2. The molecule has 0 spiro atoms. The molecule has 0 radical (unpaired) electrons. The van der Waals surface area contributed by atoms with Crippen LogP contribution in [-0.4, -0.2) is 5.78 Å². The lowest BCUT2D eigenvalue weighted by Crippen LogP contribution is -2.21. The van der Waals surface area contributed by atoms with Crippen LogP contribution in [0.5, 0.6) is 0 Å². The van der Waals surface area contributed by atoms with Crippen LogP contribution in [0.3, 0.4) is 0 Å². The molecule has 0 bridgehead atoms. The van der Waals surface area contributed by atoms with Crippen LogP contribution in [-0.2, 0) is 4.79 Å². The first-order valence-corrected chi connectivity index (χ1v) is 9.41. The molecule has 0 N–H and O–H groups in total. The molecule has 3 rings (SSSR count). The van der Waals surface area contributed by atoms with Crippen molar-refractivity contribution in [3.8, 4) is 0 Å². The third-order valence-electron chi connectivity index (χ3n) is 3.91. The number of Topliss-reactive ketones (excluding diaryl/α,β-unsaturated/α-hetero) is 1. The summed E-state index contributed by atoms with van der Waals surface area (Å²) < 4.78 is 0. The van der Waals surface area contributed by atoms with Crippen molar-refractivity contribution in [1.29, 1.82) is 0 Å². The molecular formula is C20H20OS2. The molecule has 23 heavy (non-hydrogen) atoms. The van der Waals surface area contributed by atoms with E-state index in [0.717, 1.165) is 16.7 Å². The van der Waals surface area contributed by atoms with Crippen LogP contribution < -0.4 is 0 Å². The first-order chi connectivity index (χ1) is 10.9. The molecule has 0 atom stereocenters. The maximum atomic E-state index is 12.6. The van der Waals surface area contributed by atoms with E-state index in [1.165, 1.54) is 15.3 Å². The van der Waals surface area contributed by atoms with Gasteiger partial charge in [0, 0.05) is 20.9 Å². The fourth-order valence-electron chi connectivity index (χ4n) is 2.72. The summed E-state index contributed by atoms with van der Waals surface area (Å²) in [5.74, 6) is 0.165. The summed E-state index contributed by atoms with van der Waals surface area (Å²) >= 11 is 3.48. The quantitative estimate of drug-likeness (QED) is 0.644. The number of hydrogen-bond donors (Lipinski definition) is 0. The maximum absolute atomic E-state index is 12.6. The fraction of sp³-hybridized carbons (Fsp3) is 0.250. The van der Waals surface area contributed by atoms with E-state index >= 15 is 0 Å². The van der Waals surface area contributed by atoms with E-state index < -0.39 is 0 Å². The van der Waals surface area contributed by atoms with Crippen molar-refractivity contribution >= 4 is 34.0 Å². The highest BCUT2D eigenvalue weighted by Crippen LogP contribution is 2.39. The smallest absolute Gasteiger partial charge is 0.185 e. The van der Waals surface area contributed by atoms with Crippen LogP contribution in [0.15, 0.2) is 63.9 Å². The van der Waals surface area contributed by atoms with Crippen LogP contribution in [0.2, 0.25) is 0 Å². The highest BCUT2D eigenvalue weighted by Gasteiger charge is 2.28. The highest BCUT2D eigenvalue weighted by atomic mass is 32.1. The van der Waals surface area contributed by atoms with Crippen molar-refractivity contribution in [2.24, 2.45) is 5.41 Å². The largest absolute Gasteiger partial charge is 0.289 e. The van der Waals surface area contributed by atoms with Crippen LogP contribution in [0, 0.1) is 5.41 Å². The Kier molecular flexibility index (Phi) is 4.26. The predicted molar refractivity (Wildman–Crippen MR) is 101 cm³/mol. The Hall–Kier alpha value is -1.71. The van der Waals surface area contributed by atoms with Gasteiger partial charge in [0.25, 0.3) is 0 Å². The van der Waals surface area contributed by atoms with E-state index in [0.29, 0.717) is 0 Å². The van der Waals surface area contributed by atoms with E-state index in [4.69, 9.17) is 0 Å². The lowest BCUT2D eigenvalue weighted by Gasteiger charge is -2.26. The van der Waals surface area contributed by atoms with Crippen molar-refractivity contribution in [3.05, 3.63) is 73.7 Å². The first kappa shape index (κ1) is 16.2. The molecule has 2 aromatic heterocycles. The molecule has 0 aromatic carbocycles. The average Bonchev–Trinajstić information content (AvgIpc) is 3.15. The van der Waals surface area contributed by atoms with Gasteiger partial charge < -0.3 is 0 Å². The minimum absolute atomic E-state index is 0.159. The molecule has 3 heteroatoms. The molecular weight excluding hydrogens is 320 g/mol. The summed E-state index contributed by atoms with van der Waals surface area (Å²) in [6, 6.07) is 8.45. The Morgan fingerprint density at radius 3 is 1.96 bits per heavy atom. The minimum Gasteiger partial charge on any atom is -0.289 e. The van der Waals surface area contributed by atoms with Gasteiger partial charge >= 0.3 is 0 Å². The molecule has 1 aliphatic rings. The normalized spacial score (nSPS) is 15.5. The van der Waals surface area contributed by atoms with Gasteiger partial charge in [-0.15, -0.1) is 22.7 Å². The van der Waals surface area contributed by atoms with Crippen LogP contribution >= 0.6 is 22.7 Å². The lowest BCUT2D eigenvalue weighted by molar-refractivity contribution is -0.113. The maximum Gasteiger partial charge on any atom is 0.185 e. The van der Waals surface area contributed by atoms with Crippen molar-refractivity contribution in [1.82, 2.24) is 0 Å². The van der Waals surface area contributed by atoms with Gasteiger partial charge in [0.05, 0.1) is 0 Å². The molecule has 0 amide bonds. The van der Waals surface area contributed by atoms with E-state index in [1.54, 1.807) is 22.7 Å². The molecule has 0 fully saturated rings. The first-order valence-electron chi connectivity index (χ1n) is 7.65. The monoisotopic (exact) mass is 340 g/mol. The molecule has 118 valence electrons. The van der Waals surface area contributed by atoms with Gasteiger partial charge in [0.15, 0.2) is 5.78 Å². The zero-order valence-corrected chi connectivity index (χ0v) is 15.5. The van der Waals surface area contributed by atoms with Crippen molar-refractivity contribution < 1.29 is 4.79 Å². The molecule has 0 unspecified atom stereocenters.